The summed E-state index contributed by atoms with van der Waals surface area (Å²) >= 11 is 0. The third-order valence-corrected chi connectivity index (χ3v) is 2.90. The predicted molar refractivity (Wildman–Crippen MR) is 49.5 cm³/mol. The van der Waals surface area contributed by atoms with Crippen molar-refractivity contribution in [2.75, 3.05) is 0 Å². The van der Waals surface area contributed by atoms with Crippen molar-refractivity contribution in [3.63, 3.8) is 0 Å². The number of hydrogen-bond donors (Lipinski definition) is 0. The fourth-order valence-corrected chi connectivity index (χ4v) is 1.24. The Labute approximate surface area is 75.3 Å². The van der Waals surface area contributed by atoms with Crippen LogP contribution in [-0.2, 0) is 9.53 Å². The second-order valence-corrected chi connectivity index (χ2v) is 3.96. The summed E-state index contributed by atoms with van der Waals surface area (Å²) in [5.41, 5.74) is -0.392. The maximum atomic E-state index is 10.1. The van der Waals surface area contributed by atoms with E-state index in [1.54, 1.807) is 0 Å². The first-order valence-electron chi connectivity index (χ1n) is 4.50. The van der Waals surface area contributed by atoms with E-state index < -0.39 is 5.60 Å². The van der Waals surface area contributed by atoms with Gasteiger partial charge in [0.25, 0.3) is 0 Å². The summed E-state index contributed by atoms with van der Waals surface area (Å²) in [6.07, 6.45) is 1.10. The van der Waals surface area contributed by atoms with Crippen molar-refractivity contribution in [2.24, 2.45) is 11.8 Å². The summed E-state index contributed by atoms with van der Waals surface area (Å²) in [6.45, 7) is 11.8. The Hall–Kier alpha value is -0.530. The number of carbonyl (C=O) groups excluding carboxylic acids is 1. The molecule has 0 spiro atoms. The van der Waals surface area contributed by atoms with Gasteiger partial charge in [-0.15, -0.1) is 0 Å². The molecule has 0 amide bonds. The summed E-state index contributed by atoms with van der Waals surface area (Å²) in [5, 5.41) is 0. The van der Waals surface area contributed by atoms with E-state index in [1.165, 1.54) is 6.47 Å². The van der Waals surface area contributed by atoms with Gasteiger partial charge in [0.05, 0.1) is 0 Å². The van der Waals surface area contributed by atoms with E-state index in [1.807, 2.05) is 13.8 Å². The van der Waals surface area contributed by atoms with Crippen LogP contribution in [0.3, 0.4) is 0 Å². The molecule has 0 bridgehead atoms. The molecule has 0 saturated carbocycles. The molecule has 0 aromatic carbocycles. The Morgan fingerprint density at radius 3 is 2.25 bits per heavy atom. The second-order valence-electron chi connectivity index (χ2n) is 3.96. The molecule has 1 radical (unpaired) electrons. The minimum atomic E-state index is -0.392. The van der Waals surface area contributed by atoms with E-state index >= 15 is 0 Å². The first-order chi connectivity index (χ1) is 5.45. The molecule has 12 heavy (non-hydrogen) atoms. The van der Waals surface area contributed by atoms with Gasteiger partial charge in [0.1, 0.15) is 5.60 Å². The Kier molecular flexibility index (Phi) is 4.29. The fourth-order valence-electron chi connectivity index (χ4n) is 1.24. The summed E-state index contributed by atoms with van der Waals surface area (Å²) in [5.74, 6) is 0.928. The summed E-state index contributed by atoms with van der Waals surface area (Å²) in [7, 11) is 0. The zero-order valence-corrected chi connectivity index (χ0v) is 8.68. The number of ether oxygens (including phenoxy) is 1. The van der Waals surface area contributed by atoms with Crippen molar-refractivity contribution in [2.45, 2.75) is 46.6 Å². The smallest absolute Gasteiger partial charge is 0.418 e. The van der Waals surface area contributed by atoms with Gasteiger partial charge in [0.15, 0.2) is 0 Å². The molecule has 0 heterocycles. The van der Waals surface area contributed by atoms with Crippen LogP contribution in [0.4, 0.5) is 0 Å². The maximum absolute atomic E-state index is 10.1. The van der Waals surface area contributed by atoms with Crippen LogP contribution in [-0.4, -0.2) is 12.1 Å². The predicted octanol–water partition coefficient (Wildman–Crippen LogP) is 2.53. The topological polar surface area (TPSA) is 26.3 Å². The SMILES string of the molecule is CCC(C)C(C)C(C)(C)O[C]=O. The summed E-state index contributed by atoms with van der Waals surface area (Å²) < 4.78 is 4.91. The molecule has 0 aliphatic rings. The minimum absolute atomic E-state index is 0.365. The Balaban J connectivity index is 4.22. The first-order valence-corrected chi connectivity index (χ1v) is 4.50. The van der Waals surface area contributed by atoms with E-state index in [0.29, 0.717) is 11.8 Å². The monoisotopic (exact) mass is 171 g/mol. The molecule has 71 valence electrons. The standard InChI is InChI=1S/C10H19O2/c1-6-8(2)9(3)10(4,5)12-7-11/h8-9H,6H2,1-5H3. The van der Waals surface area contributed by atoms with Crippen LogP contribution in [0.25, 0.3) is 0 Å². The van der Waals surface area contributed by atoms with E-state index in [0.717, 1.165) is 6.42 Å². The zero-order valence-electron chi connectivity index (χ0n) is 8.68. The number of rotatable bonds is 5. The van der Waals surface area contributed by atoms with Gasteiger partial charge in [-0.25, -0.2) is 4.79 Å². The van der Waals surface area contributed by atoms with Gasteiger partial charge < -0.3 is 4.74 Å². The van der Waals surface area contributed by atoms with Crippen molar-refractivity contribution in [1.82, 2.24) is 0 Å². The first kappa shape index (κ1) is 11.5. The van der Waals surface area contributed by atoms with Crippen LogP contribution in [0.2, 0.25) is 0 Å². The maximum Gasteiger partial charge on any atom is 0.418 e. The minimum Gasteiger partial charge on any atom is -0.451 e. The average molecular weight is 171 g/mol. The van der Waals surface area contributed by atoms with Gasteiger partial charge in [-0.1, -0.05) is 27.2 Å². The zero-order chi connectivity index (χ0) is 9.78. The van der Waals surface area contributed by atoms with Gasteiger partial charge in [0, 0.05) is 0 Å². The molecule has 2 nitrogen and oxygen atoms in total. The van der Waals surface area contributed by atoms with Gasteiger partial charge in [-0.05, 0) is 25.7 Å². The molecule has 0 fully saturated rings. The van der Waals surface area contributed by atoms with Crippen LogP contribution in [0.1, 0.15) is 41.0 Å². The normalized spacial score (nSPS) is 16.8. The molecule has 2 atom stereocenters. The molecule has 0 aromatic rings. The van der Waals surface area contributed by atoms with Crippen LogP contribution in [0.15, 0.2) is 0 Å². The third kappa shape index (κ3) is 2.84. The molecule has 0 aromatic heterocycles. The lowest BCUT2D eigenvalue weighted by atomic mass is 9.81. The van der Waals surface area contributed by atoms with Gasteiger partial charge in [-0.2, -0.15) is 0 Å². The summed E-state index contributed by atoms with van der Waals surface area (Å²) in [6, 6.07) is 0. The quantitative estimate of drug-likeness (QED) is 0.635. The van der Waals surface area contributed by atoms with Crippen molar-refractivity contribution in [1.29, 1.82) is 0 Å². The fraction of sp³-hybridized carbons (Fsp3) is 0.900. The second kappa shape index (κ2) is 4.48. The van der Waals surface area contributed by atoms with Crippen LogP contribution in [0.5, 0.6) is 0 Å². The van der Waals surface area contributed by atoms with Gasteiger partial charge >= 0.3 is 6.47 Å². The van der Waals surface area contributed by atoms with Gasteiger partial charge in [-0.3, -0.25) is 0 Å². The Morgan fingerprint density at radius 1 is 1.42 bits per heavy atom. The largest absolute Gasteiger partial charge is 0.451 e. The van der Waals surface area contributed by atoms with Crippen molar-refractivity contribution in [3.8, 4) is 0 Å². The molecule has 0 aliphatic heterocycles. The van der Waals surface area contributed by atoms with Crippen LogP contribution < -0.4 is 0 Å². The molecule has 2 unspecified atom stereocenters. The molecule has 0 N–H and O–H groups in total. The van der Waals surface area contributed by atoms with Crippen LogP contribution in [0, 0.1) is 11.8 Å². The van der Waals surface area contributed by atoms with E-state index in [4.69, 9.17) is 4.74 Å². The van der Waals surface area contributed by atoms with E-state index in [2.05, 4.69) is 20.8 Å². The Morgan fingerprint density at radius 2 is 1.92 bits per heavy atom. The number of hydrogen-bond acceptors (Lipinski definition) is 2. The molecule has 0 aliphatic carbocycles. The molecular formula is C10H19O2. The Bertz CT molecular complexity index is 141. The lowest BCUT2D eigenvalue weighted by Crippen LogP contribution is -2.36. The van der Waals surface area contributed by atoms with Crippen molar-refractivity contribution < 1.29 is 9.53 Å². The molecule has 2 heteroatoms. The van der Waals surface area contributed by atoms with Crippen LogP contribution >= 0.6 is 0 Å². The van der Waals surface area contributed by atoms with Crippen molar-refractivity contribution in [3.05, 3.63) is 0 Å². The van der Waals surface area contributed by atoms with Crippen molar-refractivity contribution >= 4 is 6.47 Å². The molecule has 0 rings (SSSR count). The third-order valence-electron chi connectivity index (χ3n) is 2.90. The highest BCUT2D eigenvalue weighted by molar-refractivity contribution is 5.39. The van der Waals surface area contributed by atoms with E-state index in [-0.39, 0.29) is 0 Å². The highest BCUT2D eigenvalue weighted by atomic mass is 16.5. The summed E-state index contributed by atoms with van der Waals surface area (Å²) in [4.78, 5) is 10.1. The highest BCUT2D eigenvalue weighted by Gasteiger charge is 2.30. The molecule has 0 saturated heterocycles. The lowest BCUT2D eigenvalue weighted by Gasteiger charge is -2.33. The lowest BCUT2D eigenvalue weighted by molar-refractivity contribution is 0.0117. The average Bonchev–Trinajstić information content (AvgIpc) is 2.01. The van der Waals surface area contributed by atoms with E-state index in [9.17, 15) is 4.79 Å². The molecular weight excluding hydrogens is 152 g/mol. The van der Waals surface area contributed by atoms with Gasteiger partial charge in [0.2, 0.25) is 0 Å². The highest BCUT2D eigenvalue weighted by Crippen LogP contribution is 2.28.